The average molecular weight is 303 g/mol. The summed E-state index contributed by atoms with van der Waals surface area (Å²) in [7, 11) is 1.52. The third-order valence-electron chi connectivity index (χ3n) is 3.75. The maximum atomic E-state index is 12.1. The number of nitrogens with one attached hydrogen (secondary N) is 1. The number of methoxy groups -OCH3 is 1. The van der Waals surface area contributed by atoms with Crippen LogP contribution < -0.4 is 10.1 Å². The van der Waals surface area contributed by atoms with Crippen molar-refractivity contribution in [3.05, 3.63) is 41.5 Å². The molecule has 1 aromatic rings. The quantitative estimate of drug-likeness (QED) is 0.792. The molecule has 5 nitrogen and oxygen atoms in total. The van der Waals surface area contributed by atoms with Gasteiger partial charge in [0.1, 0.15) is 5.75 Å². The molecule has 0 radical (unpaired) electrons. The molecule has 2 N–H and O–H groups in total. The molecule has 0 fully saturated rings. The Balaban J connectivity index is 2.06. The molecule has 1 aliphatic carbocycles. The zero-order valence-corrected chi connectivity index (χ0v) is 12.7. The van der Waals surface area contributed by atoms with Crippen molar-refractivity contribution < 1.29 is 19.4 Å². The molecule has 1 aliphatic rings. The molecule has 5 heteroatoms. The van der Waals surface area contributed by atoms with E-state index in [1.54, 1.807) is 24.3 Å². The summed E-state index contributed by atoms with van der Waals surface area (Å²) < 4.78 is 5.10. The second kappa shape index (κ2) is 7.64. The summed E-state index contributed by atoms with van der Waals surface area (Å²) in [4.78, 5) is 23.6. The van der Waals surface area contributed by atoms with Crippen LogP contribution in [0.15, 0.2) is 35.9 Å². The monoisotopic (exact) mass is 303 g/mol. The van der Waals surface area contributed by atoms with Crippen molar-refractivity contribution in [3.63, 3.8) is 0 Å². The van der Waals surface area contributed by atoms with Gasteiger partial charge in [0, 0.05) is 6.42 Å². The summed E-state index contributed by atoms with van der Waals surface area (Å²) >= 11 is 0. The van der Waals surface area contributed by atoms with Crippen LogP contribution >= 0.6 is 0 Å². The van der Waals surface area contributed by atoms with E-state index in [2.05, 4.69) is 11.4 Å². The molecule has 0 saturated heterocycles. The summed E-state index contributed by atoms with van der Waals surface area (Å²) in [6, 6.07) is 5.67. The molecular weight excluding hydrogens is 282 g/mol. The van der Waals surface area contributed by atoms with Gasteiger partial charge in [-0.15, -0.1) is 0 Å². The van der Waals surface area contributed by atoms with E-state index in [1.165, 1.54) is 7.11 Å². The van der Waals surface area contributed by atoms with Crippen LogP contribution in [0, 0.1) is 0 Å². The lowest BCUT2D eigenvalue weighted by atomic mass is 9.96. The van der Waals surface area contributed by atoms with Gasteiger partial charge in [-0.3, -0.25) is 4.79 Å². The maximum absolute atomic E-state index is 12.1. The molecular formula is C17H21NO4. The second-order valence-electron chi connectivity index (χ2n) is 5.40. The molecule has 0 heterocycles. The minimum absolute atomic E-state index is 0.261. The SMILES string of the molecule is COc1cccc([C@H](NC(=O)CC2=CCCCC2)C(=O)O)c1. The van der Waals surface area contributed by atoms with Gasteiger partial charge < -0.3 is 15.2 Å². The zero-order valence-electron chi connectivity index (χ0n) is 12.7. The van der Waals surface area contributed by atoms with Gasteiger partial charge in [0.05, 0.1) is 7.11 Å². The lowest BCUT2D eigenvalue weighted by molar-refractivity contribution is -0.142. The van der Waals surface area contributed by atoms with Crippen LogP contribution in [0.2, 0.25) is 0 Å². The van der Waals surface area contributed by atoms with E-state index in [4.69, 9.17) is 4.74 Å². The van der Waals surface area contributed by atoms with Crippen molar-refractivity contribution in [1.82, 2.24) is 5.32 Å². The van der Waals surface area contributed by atoms with Crippen molar-refractivity contribution >= 4 is 11.9 Å². The predicted molar refractivity (Wildman–Crippen MR) is 82.7 cm³/mol. The summed E-state index contributed by atoms with van der Waals surface area (Å²) in [6.45, 7) is 0. The second-order valence-corrected chi connectivity index (χ2v) is 5.40. The number of rotatable bonds is 6. The van der Waals surface area contributed by atoms with E-state index in [0.29, 0.717) is 11.3 Å². The lowest BCUT2D eigenvalue weighted by Crippen LogP contribution is -2.33. The van der Waals surface area contributed by atoms with Crippen LogP contribution in [0.5, 0.6) is 5.75 Å². The summed E-state index contributed by atoms with van der Waals surface area (Å²) in [5.74, 6) is -0.782. The number of ether oxygens (including phenoxy) is 1. The molecule has 22 heavy (non-hydrogen) atoms. The Morgan fingerprint density at radius 3 is 2.82 bits per heavy atom. The minimum atomic E-state index is -1.08. The molecule has 2 rings (SSSR count). The van der Waals surface area contributed by atoms with Crippen molar-refractivity contribution in [2.24, 2.45) is 0 Å². The van der Waals surface area contributed by atoms with E-state index in [9.17, 15) is 14.7 Å². The van der Waals surface area contributed by atoms with E-state index < -0.39 is 12.0 Å². The smallest absolute Gasteiger partial charge is 0.330 e. The number of hydrogen-bond donors (Lipinski definition) is 2. The van der Waals surface area contributed by atoms with Crippen LogP contribution in [-0.2, 0) is 9.59 Å². The number of aliphatic carboxylic acids is 1. The fourth-order valence-electron chi connectivity index (χ4n) is 2.59. The molecule has 0 saturated carbocycles. The molecule has 1 aromatic carbocycles. The number of allylic oxidation sites excluding steroid dienone is 1. The van der Waals surface area contributed by atoms with Crippen molar-refractivity contribution in [3.8, 4) is 5.75 Å². The Labute approximate surface area is 130 Å². The van der Waals surface area contributed by atoms with Gasteiger partial charge in [0.15, 0.2) is 6.04 Å². The van der Waals surface area contributed by atoms with Crippen LogP contribution in [-0.4, -0.2) is 24.1 Å². The van der Waals surface area contributed by atoms with Gasteiger partial charge in [-0.1, -0.05) is 23.8 Å². The molecule has 0 unspecified atom stereocenters. The average Bonchev–Trinajstić information content (AvgIpc) is 2.53. The lowest BCUT2D eigenvalue weighted by Gasteiger charge is -2.17. The Kier molecular flexibility index (Phi) is 5.58. The number of amides is 1. The van der Waals surface area contributed by atoms with Crippen molar-refractivity contribution in [2.45, 2.75) is 38.1 Å². The summed E-state index contributed by atoms with van der Waals surface area (Å²) in [5.41, 5.74) is 1.59. The van der Waals surface area contributed by atoms with Gasteiger partial charge in [-0.2, -0.15) is 0 Å². The third-order valence-corrected chi connectivity index (χ3v) is 3.75. The van der Waals surface area contributed by atoms with Gasteiger partial charge in [0.25, 0.3) is 0 Å². The highest BCUT2D eigenvalue weighted by molar-refractivity contribution is 5.85. The molecule has 1 amide bonds. The van der Waals surface area contributed by atoms with Crippen LogP contribution in [0.1, 0.15) is 43.7 Å². The number of benzene rings is 1. The Hall–Kier alpha value is -2.30. The molecule has 0 aliphatic heterocycles. The van der Waals surface area contributed by atoms with Crippen molar-refractivity contribution in [2.75, 3.05) is 7.11 Å². The van der Waals surface area contributed by atoms with E-state index >= 15 is 0 Å². The first-order chi connectivity index (χ1) is 10.6. The highest BCUT2D eigenvalue weighted by atomic mass is 16.5. The number of hydrogen-bond acceptors (Lipinski definition) is 3. The topological polar surface area (TPSA) is 75.6 Å². The molecule has 0 spiro atoms. The van der Waals surface area contributed by atoms with Crippen LogP contribution in [0.25, 0.3) is 0 Å². The van der Waals surface area contributed by atoms with Gasteiger partial charge in [-0.05, 0) is 43.4 Å². The first-order valence-electron chi connectivity index (χ1n) is 7.44. The molecule has 0 aromatic heterocycles. The van der Waals surface area contributed by atoms with E-state index in [1.807, 2.05) is 0 Å². The zero-order chi connectivity index (χ0) is 15.9. The van der Waals surface area contributed by atoms with Gasteiger partial charge >= 0.3 is 5.97 Å². The fraction of sp³-hybridized carbons (Fsp3) is 0.412. The van der Waals surface area contributed by atoms with E-state index in [0.717, 1.165) is 31.3 Å². The predicted octanol–water partition coefficient (Wildman–Crippen LogP) is 2.83. The van der Waals surface area contributed by atoms with Gasteiger partial charge in [0.2, 0.25) is 5.91 Å². The molecule has 0 bridgehead atoms. The first kappa shape index (κ1) is 16.1. The Morgan fingerprint density at radius 1 is 1.36 bits per heavy atom. The number of carbonyl (C=O) groups is 2. The van der Waals surface area contributed by atoms with Crippen molar-refractivity contribution in [1.29, 1.82) is 0 Å². The first-order valence-corrected chi connectivity index (χ1v) is 7.44. The van der Waals surface area contributed by atoms with Crippen LogP contribution in [0.3, 0.4) is 0 Å². The number of carbonyl (C=O) groups excluding carboxylic acids is 1. The summed E-state index contributed by atoms with van der Waals surface area (Å²) in [5, 5.41) is 12.0. The van der Waals surface area contributed by atoms with Gasteiger partial charge in [-0.25, -0.2) is 4.79 Å². The summed E-state index contributed by atoms with van der Waals surface area (Å²) in [6.07, 6.45) is 6.54. The third kappa shape index (κ3) is 4.35. The largest absolute Gasteiger partial charge is 0.497 e. The number of carboxylic acid groups (broad SMARTS) is 1. The molecule has 118 valence electrons. The highest BCUT2D eigenvalue weighted by Gasteiger charge is 2.23. The van der Waals surface area contributed by atoms with Crippen LogP contribution in [0.4, 0.5) is 0 Å². The minimum Gasteiger partial charge on any atom is -0.497 e. The number of carboxylic acids is 1. The fourth-order valence-corrected chi connectivity index (χ4v) is 2.59. The Morgan fingerprint density at radius 2 is 2.18 bits per heavy atom. The maximum Gasteiger partial charge on any atom is 0.330 e. The van der Waals surface area contributed by atoms with E-state index in [-0.39, 0.29) is 12.3 Å². The molecule has 1 atom stereocenters. The standard InChI is InChI=1S/C17H21NO4/c1-22-14-9-5-8-13(11-14)16(17(20)21)18-15(19)10-12-6-3-2-4-7-12/h5-6,8-9,11,16H,2-4,7,10H2,1H3,(H,18,19)(H,20,21)/t16-/m0/s1. The highest BCUT2D eigenvalue weighted by Crippen LogP contribution is 2.22. The normalized spacial score (nSPS) is 15.6. The Bertz CT molecular complexity index is 580.